The number of ketones is 1. The van der Waals surface area contributed by atoms with E-state index in [-0.39, 0.29) is 18.4 Å². The van der Waals surface area contributed by atoms with Gasteiger partial charge in [0.05, 0.1) is 12.2 Å². The maximum absolute atomic E-state index is 11.8. The zero-order valence-corrected chi connectivity index (χ0v) is 10.5. The lowest BCUT2D eigenvalue weighted by Gasteiger charge is -2.13. The van der Waals surface area contributed by atoms with E-state index in [0.29, 0.717) is 5.69 Å². The number of aromatic nitrogens is 1. The van der Waals surface area contributed by atoms with Crippen LogP contribution in [0.15, 0.2) is 24.3 Å². The van der Waals surface area contributed by atoms with Gasteiger partial charge in [0.1, 0.15) is 0 Å². The van der Waals surface area contributed by atoms with E-state index in [1.54, 1.807) is 0 Å². The number of aryl methyl sites for hydroxylation is 1. The zero-order valence-electron chi connectivity index (χ0n) is 10.5. The number of fused-ring (bicyclic) bond motifs is 1. The first-order chi connectivity index (χ1) is 8.04. The van der Waals surface area contributed by atoms with Crippen molar-refractivity contribution in [1.29, 1.82) is 0 Å². The fourth-order valence-electron chi connectivity index (χ4n) is 2.23. The van der Waals surface area contributed by atoms with Gasteiger partial charge in [-0.1, -0.05) is 11.6 Å². The van der Waals surface area contributed by atoms with E-state index < -0.39 is 0 Å². The number of hydrogen-bond acceptors (Lipinski definition) is 2. The van der Waals surface area contributed by atoms with Gasteiger partial charge in [-0.25, -0.2) is 0 Å². The first kappa shape index (κ1) is 11.9. The Hall–Kier alpha value is -1.61. The summed E-state index contributed by atoms with van der Waals surface area (Å²) < 4.78 is 2.06. The molecular formula is C14H18N2O. The summed E-state index contributed by atoms with van der Waals surface area (Å²) in [5, 5.41) is 1.11. The first-order valence-electron chi connectivity index (χ1n) is 5.89. The van der Waals surface area contributed by atoms with Crippen LogP contribution in [0.4, 0.5) is 0 Å². The number of hydrogen-bond donors (Lipinski definition) is 1. The number of nitrogens with zero attached hydrogens (tertiary/aromatic N) is 1. The van der Waals surface area contributed by atoms with Gasteiger partial charge in [0.15, 0.2) is 5.78 Å². The van der Waals surface area contributed by atoms with Gasteiger partial charge >= 0.3 is 0 Å². The van der Waals surface area contributed by atoms with E-state index in [2.05, 4.69) is 43.5 Å². The normalized spacial score (nSPS) is 11.4. The van der Waals surface area contributed by atoms with Crippen LogP contribution in [0.25, 0.3) is 10.9 Å². The van der Waals surface area contributed by atoms with E-state index in [4.69, 9.17) is 5.73 Å². The van der Waals surface area contributed by atoms with Crippen molar-refractivity contribution in [3.8, 4) is 0 Å². The van der Waals surface area contributed by atoms with Crippen LogP contribution in [0.5, 0.6) is 0 Å². The van der Waals surface area contributed by atoms with Crippen molar-refractivity contribution in [2.45, 2.75) is 26.8 Å². The van der Waals surface area contributed by atoms with Gasteiger partial charge in [-0.15, -0.1) is 0 Å². The van der Waals surface area contributed by atoms with Gasteiger partial charge < -0.3 is 10.3 Å². The second-order valence-electron chi connectivity index (χ2n) is 4.68. The average molecular weight is 230 g/mol. The quantitative estimate of drug-likeness (QED) is 0.824. The molecule has 1 aromatic heterocycles. The standard InChI is InChI=1S/C14H18N2O/c1-9(2)16-12-5-4-10(3)6-11(12)7-13(16)14(17)8-15/h4-7,9H,8,15H2,1-3H3. The molecule has 17 heavy (non-hydrogen) atoms. The smallest absolute Gasteiger partial charge is 0.192 e. The van der Waals surface area contributed by atoms with Gasteiger partial charge in [-0.3, -0.25) is 4.79 Å². The van der Waals surface area contributed by atoms with Crippen LogP contribution < -0.4 is 5.73 Å². The maximum Gasteiger partial charge on any atom is 0.192 e. The van der Waals surface area contributed by atoms with Crippen molar-refractivity contribution in [2.24, 2.45) is 5.73 Å². The predicted octanol–water partition coefficient (Wildman–Crippen LogP) is 2.67. The maximum atomic E-state index is 11.8. The van der Waals surface area contributed by atoms with Crippen LogP contribution in [0.3, 0.4) is 0 Å². The molecule has 0 saturated carbocycles. The molecule has 3 nitrogen and oxygen atoms in total. The highest BCUT2D eigenvalue weighted by Gasteiger charge is 2.16. The Morgan fingerprint density at radius 2 is 2.06 bits per heavy atom. The number of nitrogens with two attached hydrogens (primary N) is 1. The number of carbonyl (C=O) groups excluding carboxylic acids is 1. The van der Waals surface area contributed by atoms with Crippen LogP contribution in [0.1, 0.15) is 35.9 Å². The molecule has 2 aromatic rings. The van der Waals surface area contributed by atoms with Crippen LogP contribution in [-0.2, 0) is 0 Å². The summed E-state index contributed by atoms with van der Waals surface area (Å²) in [6.45, 7) is 6.26. The van der Waals surface area contributed by atoms with Gasteiger partial charge in [0, 0.05) is 16.9 Å². The Labute approximate surface area is 101 Å². The third-order valence-corrected chi connectivity index (χ3v) is 2.98. The minimum atomic E-state index is -0.00690. The molecule has 0 bridgehead atoms. The lowest BCUT2D eigenvalue weighted by Crippen LogP contribution is -2.18. The molecule has 1 aromatic carbocycles. The van der Waals surface area contributed by atoms with Crippen molar-refractivity contribution < 1.29 is 4.79 Å². The minimum Gasteiger partial charge on any atom is -0.335 e. The third kappa shape index (κ3) is 1.98. The molecule has 0 radical (unpaired) electrons. The number of carbonyl (C=O) groups is 1. The number of rotatable bonds is 3. The third-order valence-electron chi connectivity index (χ3n) is 2.98. The van der Waals surface area contributed by atoms with Crippen LogP contribution >= 0.6 is 0 Å². The molecule has 0 aliphatic carbocycles. The number of benzene rings is 1. The summed E-state index contributed by atoms with van der Waals surface area (Å²) in [5.41, 5.74) is 8.47. The average Bonchev–Trinajstić information content (AvgIpc) is 2.66. The Bertz CT molecular complexity index is 567. The van der Waals surface area contributed by atoms with Gasteiger partial charge in [-0.2, -0.15) is 0 Å². The molecule has 0 atom stereocenters. The lowest BCUT2D eigenvalue weighted by molar-refractivity contribution is 0.0991. The summed E-state index contributed by atoms with van der Waals surface area (Å²) in [5.74, 6) is -0.00690. The topological polar surface area (TPSA) is 48.0 Å². The largest absolute Gasteiger partial charge is 0.335 e. The van der Waals surface area contributed by atoms with E-state index in [1.807, 2.05) is 6.07 Å². The van der Waals surface area contributed by atoms with Crippen LogP contribution in [0, 0.1) is 6.92 Å². The summed E-state index contributed by atoms with van der Waals surface area (Å²) >= 11 is 0. The highest BCUT2D eigenvalue weighted by atomic mass is 16.1. The van der Waals surface area contributed by atoms with E-state index in [1.165, 1.54) is 5.56 Å². The zero-order chi connectivity index (χ0) is 12.6. The molecule has 0 saturated heterocycles. The Morgan fingerprint density at radius 1 is 1.35 bits per heavy atom. The summed E-state index contributed by atoms with van der Waals surface area (Å²) in [6, 6.07) is 8.43. The molecule has 0 amide bonds. The highest BCUT2D eigenvalue weighted by molar-refractivity contribution is 6.01. The highest BCUT2D eigenvalue weighted by Crippen LogP contribution is 2.25. The van der Waals surface area contributed by atoms with Crippen molar-refractivity contribution in [1.82, 2.24) is 4.57 Å². The molecule has 0 fully saturated rings. The van der Waals surface area contributed by atoms with Crippen molar-refractivity contribution >= 4 is 16.7 Å². The second-order valence-corrected chi connectivity index (χ2v) is 4.68. The predicted molar refractivity (Wildman–Crippen MR) is 70.4 cm³/mol. The van der Waals surface area contributed by atoms with Crippen LogP contribution in [-0.4, -0.2) is 16.9 Å². The lowest BCUT2D eigenvalue weighted by atomic mass is 10.2. The van der Waals surface area contributed by atoms with Gasteiger partial charge in [0.25, 0.3) is 0 Å². The van der Waals surface area contributed by atoms with E-state index in [0.717, 1.165) is 10.9 Å². The van der Waals surface area contributed by atoms with Crippen molar-refractivity contribution in [3.05, 3.63) is 35.5 Å². The fourth-order valence-corrected chi connectivity index (χ4v) is 2.23. The Kier molecular flexibility index (Phi) is 3.03. The second kappa shape index (κ2) is 4.34. The molecular weight excluding hydrogens is 212 g/mol. The minimum absolute atomic E-state index is 0.00690. The first-order valence-corrected chi connectivity index (χ1v) is 5.89. The van der Waals surface area contributed by atoms with Gasteiger partial charge in [0.2, 0.25) is 0 Å². The molecule has 0 aliphatic rings. The fraction of sp³-hybridized carbons (Fsp3) is 0.357. The SMILES string of the molecule is Cc1ccc2c(c1)cc(C(=O)CN)n2C(C)C. The molecule has 3 heteroatoms. The molecule has 90 valence electrons. The molecule has 2 rings (SSSR count). The van der Waals surface area contributed by atoms with E-state index >= 15 is 0 Å². The van der Waals surface area contributed by atoms with Crippen LogP contribution in [0.2, 0.25) is 0 Å². The van der Waals surface area contributed by atoms with Crippen molar-refractivity contribution in [3.63, 3.8) is 0 Å². The molecule has 2 N–H and O–H groups in total. The summed E-state index contributed by atoms with van der Waals surface area (Å²) in [4.78, 5) is 11.8. The Morgan fingerprint density at radius 3 is 2.65 bits per heavy atom. The monoisotopic (exact) mass is 230 g/mol. The summed E-state index contributed by atoms with van der Waals surface area (Å²) in [6.07, 6.45) is 0. The number of Topliss-reactive ketones (excluding diaryl/α,β-unsaturated/α-hetero) is 1. The molecule has 1 heterocycles. The summed E-state index contributed by atoms with van der Waals surface area (Å²) in [7, 11) is 0. The molecule has 0 unspecified atom stereocenters. The Balaban J connectivity index is 2.74. The molecule has 0 aliphatic heterocycles. The van der Waals surface area contributed by atoms with Gasteiger partial charge in [-0.05, 0) is 39.0 Å². The van der Waals surface area contributed by atoms with E-state index in [9.17, 15) is 4.79 Å². The molecule has 0 spiro atoms. The van der Waals surface area contributed by atoms with Crippen molar-refractivity contribution in [2.75, 3.05) is 6.54 Å².